The molecule has 3 aromatic rings. The van der Waals surface area contributed by atoms with Crippen molar-refractivity contribution in [1.29, 1.82) is 0 Å². The van der Waals surface area contributed by atoms with Crippen molar-refractivity contribution in [2.75, 3.05) is 4.72 Å². The van der Waals surface area contributed by atoms with Gasteiger partial charge >= 0.3 is 0 Å². The van der Waals surface area contributed by atoms with E-state index in [1.54, 1.807) is 29.1 Å². The molecule has 0 saturated heterocycles. The lowest BCUT2D eigenvalue weighted by atomic mass is 10.3. The van der Waals surface area contributed by atoms with Gasteiger partial charge in [0.05, 0.1) is 5.69 Å². The molecule has 0 saturated carbocycles. The number of nitrogens with one attached hydrogen (secondary N) is 1. The number of rotatable bonds is 4. The van der Waals surface area contributed by atoms with Crippen LogP contribution in [0.1, 0.15) is 19.9 Å². The fraction of sp³-hybridized carbons (Fsp3) is 0.188. The Morgan fingerprint density at radius 1 is 1.22 bits per heavy atom. The highest BCUT2D eigenvalue weighted by Crippen LogP contribution is 2.28. The van der Waals surface area contributed by atoms with Crippen molar-refractivity contribution in [3.8, 4) is 0 Å². The van der Waals surface area contributed by atoms with Crippen molar-refractivity contribution in [1.82, 2.24) is 9.55 Å². The van der Waals surface area contributed by atoms with E-state index in [1.165, 1.54) is 18.2 Å². The summed E-state index contributed by atoms with van der Waals surface area (Å²) in [5.74, 6) is -0.503. The number of anilines is 1. The molecule has 1 aromatic carbocycles. The quantitative estimate of drug-likeness (QED) is 0.794. The number of nitrogens with zero attached hydrogens (tertiary/aromatic N) is 2. The molecule has 0 unspecified atom stereocenters. The molecule has 0 aliphatic rings. The molecule has 0 bridgehead atoms. The molecule has 23 heavy (non-hydrogen) atoms. The van der Waals surface area contributed by atoms with Crippen LogP contribution in [-0.4, -0.2) is 18.0 Å². The van der Waals surface area contributed by atoms with E-state index in [9.17, 15) is 12.8 Å². The molecule has 0 fully saturated rings. The van der Waals surface area contributed by atoms with Crippen molar-refractivity contribution in [2.24, 2.45) is 0 Å². The molecule has 3 rings (SSSR count). The van der Waals surface area contributed by atoms with Gasteiger partial charge in [0.15, 0.2) is 0 Å². The van der Waals surface area contributed by atoms with Gasteiger partial charge in [0.2, 0.25) is 0 Å². The maximum atomic E-state index is 13.3. The van der Waals surface area contributed by atoms with Gasteiger partial charge in [-0.05, 0) is 44.2 Å². The number of aromatic nitrogens is 2. The first-order valence-electron chi connectivity index (χ1n) is 7.12. The molecule has 0 spiro atoms. The molecule has 7 heteroatoms. The van der Waals surface area contributed by atoms with E-state index >= 15 is 0 Å². The summed E-state index contributed by atoms with van der Waals surface area (Å²) in [7, 11) is -3.85. The van der Waals surface area contributed by atoms with Gasteiger partial charge in [-0.1, -0.05) is 6.07 Å². The van der Waals surface area contributed by atoms with Crippen LogP contribution in [0.4, 0.5) is 10.1 Å². The average Bonchev–Trinajstić information content (AvgIpc) is 2.87. The molecular weight excluding hydrogens is 317 g/mol. The number of hydrogen-bond donors (Lipinski definition) is 1. The summed E-state index contributed by atoms with van der Waals surface area (Å²) in [6, 6.07) is 8.80. The van der Waals surface area contributed by atoms with Crippen LogP contribution in [0.5, 0.6) is 0 Å². The van der Waals surface area contributed by atoms with Gasteiger partial charge in [-0.15, -0.1) is 0 Å². The zero-order chi connectivity index (χ0) is 16.6. The highest BCUT2D eigenvalue weighted by Gasteiger charge is 2.22. The summed E-state index contributed by atoms with van der Waals surface area (Å²) in [5.41, 5.74) is 0.779. The van der Waals surface area contributed by atoms with Crippen LogP contribution < -0.4 is 4.72 Å². The number of fused-ring (bicyclic) bond motifs is 1. The van der Waals surface area contributed by atoms with Gasteiger partial charge in [-0.3, -0.25) is 4.72 Å². The van der Waals surface area contributed by atoms with E-state index in [2.05, 4.69) is 9.71 Å². The fourth-order valence-corrected chi connectivity index (χ4v) is 3.67. The third-order valence-corrected chi connectivity index (χ3v) is 4.88. The molecule has 1 N–H and O–H groups in total. The largest absolute Gasteiger partial charge is 0.329 e. The van der Waals surface area contributed by atoms with E-state index in [1.807, 2.05) is 13.8 Å². The minimum atomic E-state index is -3.85. The molecule has 2 heterocycles. The smallest absolute Gasteiger partial charge is 0.264 e. The van der Waals surface area contributed by atoms with Crippen LogP contribution in [0.3, 0.4) is 0 Å². The molecular formula is C16H16FN3O2S. The average molecular weight is 333 g/mol. The molecule has 0 atom stereocenters. The van der Waals surface area contributed by atoms with E-state index in [-0.39, 0.29) is 16.6 Å². The summed E-state index contributed by atoms with van der Waals surface area (Å²) >= 11 is 0. The van der Waals surface area contributed by atoms with Gasteiger partial charge in [-0.2, -0.15) is 0 Å². The number of hydrogen-bond acceptors (Lipinski definition) is 3. The highest BCUT2D eigenvalue weighted by atomic mass is 32.2. The first-order chi connectivity index (χ1) is 10.9. The van der Waals surface area contributed by atoms with Gasteiger partial charge in [0, 0.05) is 23.8 Å². The Morgan fingerprint density at radius 3 is 2.70 bits per heavy atom. The van der Waals surface area contributed by atoms with E-state index in [0.717, 1.165) is 6.07 Å². The summed E-state index contributed by atoms with van der Waals surface area (Å²) in [5, 5.41) is 0.533. The Balaban J connectivity index is 2.12. The number of pyridine rings is 1. The summed E-state index contributed by atoms with van der Waals surface area (Å²) in [6.07, 6.45) is 3.18. The van der Waals surface area contributed by atoms with Crippen LogP contribution in [0, 0.1) is 5.82 Å². The minimum Gasteiger partial charge on any atom is -0.329 e. The minimum absolute atomic E-state index is 0.0607. The second-order valence-electron chi connectivity index (χ2n) is 5.48. The van der Waals surface area contributed by atoms with Crippen LogP contribution in [0.25, 0.3) is 11.0 Å². The van der Waals surface area contributed by atoms with Crippen molar-refractivity contribution in [3.05, 3.63) is 54.6 Å². The lowest BCUT2D eigenvalue weighted by molar-refractivity contribution is 0.596. The summed E-state index contributed by atoms with van der Waals surface area (Å²) in [4.78, 5) is 4.39. The van der Waals surface area contributed by atoms with Crippen LogP contribution in [0.2, 0.25) is 0 Å². The SMILES string of the molecule is CC(C)n1cc(S(=O)(=O)Nc2cccc(F)c2)c2cccnc21. The van der Waals surface area contributed by atoms with Crippen LogP contribution in [-0.2, 0) is 10.0 Å². The molecule has 0 amide bonds. The molecule has 120 valence electrons. The molecule has 0 radical (unpaired) electrons. The normalized spacial score (nSPS) is 12.0. The lowest BCUT2D eigenvalue weighted by Crippen LogP contribution is -2.12. The molecule has 5 nitrogen and oxygen atoms in total. The number of halogens is 1. The molecule has 2 aromatic heterocycles. The highest BCUT2D eigenvalue weighted by molar-refractivity contribution is 7.93. The standard InChI is InChI=1S/C16H16FN3O2S/c1-11(2)20-10-15(14-7-4-8-18-16(14)20)23(21,22)19-13-6-3-5-12(17)9-13/h3-11,19H,1-2H3. The van der Waals surface area contributed by atoms with E-state index in [0.29, 0.717) is 11.0 Å². The number of sulfonamides is 1. The second-order valence-corrected chi connectivity index (χ2v) is 7.14. The third-order valence-electron chi connectivity index (χ3n) is 3.48. The molecule has 0 aliphatic carbocycles. The predicted molar refractivity (Wildman–Crippen MR) is 87.3 cm³/mol. The Hall–Kier alpha value is -2.41. The van der Waals surface area contributed by atoms with Gasteiger partial charge in [0.1, 0.15) is 16.4 Å². The molecule has 0 aliphatic heterocycles. The first kappa shape index (κ1) is 15.5. The third kappa shape index (κ3) is 2.92. The van der Waals surface area contributed by atoms with Crippen LogP contribution >= 0.6 is 0 Å². The Bertz CT molecular complexity index is 964. The summed E-state index contributed by atoms with van der Waals surface area (Å²) < 4.78 is 42.8. The van der Waals surface area contributed by atoms with Crippen LogP contribution in [0.15, 0.2) is 53.7 Å². The second kappa shape index (κ2) is 5.66. The van der Waals surface area contributed by atoms with Gasteiger partial charge in [-0.25, -0.2) is 17.8 Å². The van der Waals surface area contributed by atoms with Crippen molar-refractivity contribution < 1.29 is 12.8 Å². The van der Waals surface area contributed by atoms with Gasteiger partial charge < -0.3 is 4.57 Å². The maximum Gasteiger partial charge on any atom is 0.264 e. The zero-order valence-corrected chi connectivity index (χ0v) is 13.5. The van der Waals surface area contributed by atoms with Crippen molar-refractivity contribution in [2.45, 2.75) is 24.8 Å². The zero-order valence-electron chi connectivity index (χ0n) is 12.7. The topological polar surface area (TPSA) is 64.0 Å². The summed E-state index contributed by atoms with van der Waals surface area (Å²) in [6.45, 7) is 3.90. The monoisotopic (exact) mass is 333 g/mol. The van der Waals surface area contributed by atoms with Crippen molar-refractivity contribution >= 4 is 26.7 Å². The first-order valence-corrected chi connectivity index (χ1v) is 8.61. The number of benzene rings is 1. The van der Waals surface area contributed by atoms with Crippen molar-refractivity contribution in [3.63, 3.8) is 0 Å². The lowest BCUT2D eigenvalue weighted by Gasteiger charge is -2.08. The maximum absolute atomic E-state index is 13.3. The Kier molecular flexibility index (Phi) is 3.81. The van der Waals surface area contributed by atoms with E-state index in [4.69, 9.17) is 0 Å². The fourth-order valence-electron chi connectivity index (χ4n) is 2.42. The Labute approximate surface area is 133 Å². The van der Waals surface area contributed by atoms with E-state index < -0.39 is 15.8 Å². The Morgan fingerprint density at radius 2 is 2.00 bits per heavy atom. The van der Waals surface area contributed by atoms with Gasteiger partial charge in [0.25, 0.3) is 10.0 Å². The predicted octanol–water partition coefficient (Wildman–Crippen LogP) is 3.56.